The van der Waals surface area contributed by atoms with Gasteiger partial charge in [0.25, 0.3) is 5.91 Å². The molecule has 0 aliphatic rings. The van der Waals surface area contributed by atoms with Gasteiger partial charge in [0, 0.05) is 35.7 Å². The van der Waals surface area contributed by atoms with Crippen LogP contribution in [0.15, 0.2) is 60.8 Å². The van der Waals surface area contributed by atoms with Crippen molar-refractivity contribution in [2.24, 2.45) is 11.3 Å². The normalized spacial score (nSPS) is 12.1. The number of fused-ring (bicyclic) bond motifs is 1. The molecule has 0 spiro atoms. The number of aromatic nitrogens is 1. The molecule has 1 aromatic heterocycles. The summed E-state index contributed by atoms with van der Waals surface area (Å²) in [5, 5.41) is 15.4. The van der Waals surface area contributed by atoms with Gasteiger partial charge in [0.1, 0.15) is 0 Å². The van der Waals surface area contributed by atoms with E-state index in [4.69, 9.17) is 5.21 Å². The highest BCUT2D eigenvalue weighted by atomic mass is 16.5. The summed E-state index contributed by atoms with van der Waals surface area (Å²) in [5.74, 6) is -0.834. The Bertz CT molecular complexity index is 1170. The van der Waals surface area contributed by atoms with E-state index in [0.29, 0.717) is 23.4 Å². The number of hydrogen-bond donors (Lipinski definition) is 4. The molecule has 0 fully saturated rings. The zero-order valence-electron chi connectivity index (χ0n) is 19.6. The fourth-order valence-electron chi connectivity index (χ4n) is 4.19. The number of para-hydroxylation sites is 1. The first-order chi connectivity index (χ1) is 16.2. The van der Waals surface area contributed by atoms with Crippen LogP contribution in [-0.2, 0) is 9.59 Å². The highest BCUT2D eigenvalue weighted by Gasteiger charge is 2.25. The van der Waals surface area contributed by atoms with E-state index >= 15 is 0 Å². The van der Waals surface area contributed by atoms with E-state index in [9.17, 15) is 14.4 Å². The first-order valence-electron chi connectivity index (χ1n) is 11.1. The summed E-state index contributed by atoms with van der Waals surface area (Å²) < 4.78 is 0. The molecular weight excluding hydrogens is 432 g/mol. The van der Waals surface area contributed by atoms with Gasteiger partial charge in [-0.2, -0.15) is 0 Å². The van der Waals surface area contributed by atoms with Crippen molar-refractivity contribution in [2.45, 2.75) is 40.0 Å². The Kier molecular flexibility index (Phi) is 7.96. The van der Waals surface area contributed by atoms with Crippen LogP contribution in [0.4, 0.5) is 11.4 Å². The molecule has 0 radical (unpaired) electrons. The van der Waals surface area contributed by atoms with E-state index in [2.05, 4.69) is 15.6 Å². The van der Waals surface area contributed by atoms with Crippen LogP contribution in [0.3, 0.4) is 0 Å². The van der Waals surface area contributed by atoms with Crippen LogP contribution >= 0.6 is 0 Å². The summed E-state index contributed by atoms with van der Waals surface area (Å²) in [7, 11) is 0. The summed E-state index contributed by atoms with van der Waals surface area (Å²) in [5.41, 5.74) is 3.72. The molecule has 4 N–H and O–H groups in total. The van der Waals surface area contributed by atoms with Gasteiger partial charge in [0.05, 0.1) is 11.2 Å². The Morgan fingerprint density at radius 3 is 2.38 bits per heavy atom. The lowest BCUT2D eigenvalue weighted by Gasteiger charge is -2.27. The number of amides is 3. The Balaban J connectivity index is 1.57. The predicted molar refractivity (Wildman–Crippen MR) is 131 cm³/mol. The maximum Gasteiger partial charge on any atom is 0.255 e. The zero-order chi connectivity index (χ0) is 24.7. The van der Waals surface area contributed by atoms with Gasteiger partial charge in [-0.25, -0.2) is 5.48 Å². The molecule has 3 rings (SSSR count). The Labute approximate surface area is 198 Å². The average Bonchev–Trinajstić information content (AvgIpc) is 2.78. The third-order valence-corrected chi connectivity index (χ3v) is 5.51. The zero-order valence-corrected chi connectivity index (χ0v) is 19.6. The van der Waals surface area contributed by atoms with Gasteiger partial charge < -0.3 is 10.6 Å². The quantitative estimate of drug-likeness (QED) is 0.270. The van der Waals surface area contributed by atoms with Gasteiger partial charge in [-0.1, -0.05) is 39.0 Å². The van der Waals surface area contributed by atoms with Crippen molar-refractivity contribution >= 4 is 40.0 Å². The molecule has 2 aromatic carbocycles. The van der Waals surface area contributed by atoms with Crippen LogP contribution < -0.4 is 16.1 Å². The minimum Gasteiger partial charge on any atom is -0.326 e. The van der Waals surface area contributed by atoms with Crippen molar-refractivity contribution in [3.63, 3.8) is 0 Å². The summed E-state index contributed by atoms with van der Waals surface area (Å²) in [6, 6.07) is 16.1. The molecule has 0 bridgehead atoms. The molecule has 3 amide bonds. The van der Waals surface area contributed by atoms with E-state index in [1.807, 2.05) is 45.0 Å². The number of rotatable bonds is 9. The number of nitrogens with one attached hydrogen (secondary N) is 3. The summed E-state index contributed by atoms with van der Waals surface area (Å²) in [4.78, 5) is 40.9. The molecule has 8 heteroatoms. The minimum atomic E-state index is -0.436. The Hall–Kier alpha value is -3.78. The second-order valence-corrected chi connectivity index (χ2v) is 9.35. The molecule has 1 atom stereocenters. The smallest absolute Gasteiger partial charge is 0.255 e. The van der Waals surface area contributed by atoms with E-state index in [0.717, 1.165) is 10.9 Å². The molecule has 1 unspecified atom stereocenters. The Morgan fingerprint density at radius 1 is 0.971 bits per heavy atom. The van der Waals surface area contributed by atoms with E-state index in [1.165, 1.54) is 0 Å². The lowest BCUT2D eigenvalue weighted by Crippen LogP contribution is -2.27. The maximum absolute atomic E-state index is 12.7. The number of benzene rings is 2. The first kappa shape index (κ1) is 24.9. The third kappa shape index (κ3) is 6.86. The molecular formula is C26H30N4O4. The molecule has 8 nitrogen and oxygen atoms in total. The molecule has 0 aliphatic carbocycles. The largest absolute Gasteiger partial charge is 0.326 e. The van der Waals surface area contributed by atoms with Gasteiger partial charge in [-0.05, 0) is 54.2 Å². The lowest BCUT2D eigenvalue weighted by atomic mass is 9.79. The average molecular weight is 463 g/mol. The van der Waals surface area contributed by atoms with E-state index in [-0.39, 0.29) is 36.0 Å². The van der Waals surface area contributed by atoms with Crippen molar-refractivity contribution in [2.75, 3.05) is 10.6 Å². The van der Waals surface area contributed by atoms with Crippen LogP contribution in [-0.4, -0.2) is 27.9 Å². The number of anilines is 2. The van der Waals surface area contributed by atoms with Crippen molar-refractivity contribution in [3.05, 3.63) is 66.4 Å². The SMILES string of the molecule is CC(CC(=O)NO)CC(C)(C)CC(=O)Nc1ccc(C(=O)Nc2cccc3cccnc23)cc1. The second-order valence-electron chi connectivity index (χ2n) is 9.35. The summed E-state index contributed by atoms with van der Waals surface area (Å²) >= 11 is 0. The monoisotopic (exact) mass is 462 g/mol. The molecule has 3 aromatic rings. The first-order valence-corrected chi connectivity index (χ1v) is 11.1. The van der Waals surface area contributed by atoms with Crippen molar-refractivity contribution in [1.29, 1.82) is 0 Å². The van der Waals surface area contributed by atoms with Gasteiger partial charge >= 0.3 is 0 Å². The number of pyridine rings is 1. The fraction of sp³-hybridized carbons (Fsp3) is 0.308. The molecule has 0 aliphatic heterocycles. The Morgan fingerprint density at radius 2 is 1.68 bits per heavy atom. The topological polar surface area (TPSA) is 120 Å². The summed E-state index contributed by atoms with van der Waals surface area (Å²) in [6.07, 6.45) is 2.80. The van der Waals surface area contributed by atoms with Crippen LogP contribution in [0.2, 0.25) is 0 Å². The lowest BCUT2D eigenvalue weighted by molar-refractivity contribution is -0.130. The number of carbonyl (C=O) groups is 3. The number of hydrogen-bond acceptors (Lipinski definition) is 5. The van der Waals surface area contributed by atoms with Gasteiger partial charge in [0.15, 0.2) is 0 Å². The van der Waals surface area contributed by atoms with Crippen molar-refractivity contribution < 1.29 is 19.6 Å². The van der Waals surface area contributed by atoms with Gasteiger partial charge in [0.2, 0.25) is 11.8 Å². The van der Waals surface area contributed by atoms with E-state index in [1.54, 1.807) is 42.0 Å². The summed E-state index contributed by atoms with van der Waals surface area (Å²) in [6.45, 7) is 5.85. The van der Waals surface area contributed by atoms with Crippen LogP contribution in [0, 0.1) is 11.3 Å². The highest BCUT2D eigenvalue weighted by molar-refractivity contribution is 6.08. The van der Waals surface area contributed by atoms with E-state index < -0.39 is 5.91 Å². The fourth-order valence-corrected chi connectivity index (χ4v) is 4.19. The number of hydroxylamine groups is 1. The van der Waals surface area contributed by atoms with Crippen LogP contribution in [0.1, 0.15) is 50.4 Å². The van der Waals surface area contributed by atoms with Crippen molar-refractivity contribution in [1.82, 2.24) is 10.5 Å². The van der Waals surface area contributed by atoms with Crippen LogP contribution in [0.5, 0.6) is 0 Å². The third-order valence-electron chi connectivity index (χ3n) is 5.51. The minimum absolute atomic E-state index is 0.0182. The highest BCUT2D eigenvalue weighted by Crippen LogP contribution is 2.31. The maximum atomic E-state index is 12.7. The van der Waals surface area contributed by atoms with Gasteiger partial charge in [-0.15, -0.1) is 0 Å². The molecule has 0 saturated carbocycles. The van der Waals surface area contributed by atoms with Crippen LogP contribution in [0.25, 0.3) is 10.9 Å². The standard InChI is InChI=1S/C26H30N4O4/c1-17(14-22(31)30-34)15-26(2,3)16-23(32)28-20-11-9-19(10-12-20)25(33)29-21-8-4-6-18-7-5-13-27-24(18)21/h4-13,17,34H,14-16H2,1-3H3,(H,28,32)(H,29,33)(H,30,31). The molecule has 178 valence electrons. The molecule has 0 saturated heterocycles. The van der Waals surface area contributed by atoms with Crippen molar-refractivity contribution in [3.8, 4) is 0 Å². The predicted octanol–water partition coefficient (Wildman–Crippen LogP) is 4.76. The number of nitrogens with zero attached hydrogens (tertiary/aromatic N) is 1. The molecule has 1 heterocycles. The second kappa shape index (κ2) is 10.9. The number of carbonyl (C=O) groups excluding carboxylic acids is 3. The molecule has 34 heavy (non-hydrogen) atoms. The van der Waals surface area contributed by atoms with Gasteiger partial charge in [-0.3, -0.25) is 24.6 Å².